The van der Waals surface area contributed by atoms with Crippen LogP contribution in [0.3, 0.4) is 0 Å². The molecule has 0 N–H and O–H groups in total. The van der Waals surface area contributed by atoms with Crippen LogP contribution in [-0.4, -0.2) is 55.4 Å². The molecule has 24 heavy (non-hydrogen) atoms. The van der Waals surface area contributed by atoms with E-state index in [1.807, 2.05) is 6.92 Å². The minimum Gasteiger partial charge on any atom is -0.449 e. The fraction of sp³-hybridized carbons (Fsp3) is 0.529. The number of nitrogens with zero attached hydrogens (tertiary/aromatic N) is 1. The minimum absolute atomic E-state index is 0.0226. The van der Waals surface area contributed by atoms with Gasteiger partial charge in [-0.3, -0.25) is 4.79 Å². The molecule has 0 unspecified atom stereocenters. The molecule has 1 aromatic rings. The Bertz CT molecular complexity index is 711. The van der Waals surface area contributed by atoms with Gasteiger partial charge in [0.1, 0.15) is 0 Å². The Kier molecular flexibility index (Phi) is 5.64. The highest BCUT2D eigenvalue weighted by molar-refractivity contribution is 7.91. The second-order valence-corrected chi connectivity index (χ2v) is 8.32. The normalized spacial score (nSPS) is 20.4. The average Bonchev–Trinajstić information content (AvgIpc) is 2.88. The van der Waals surface area contributed by atoms with E-state index in [0.29, 0.717) is 18.5 Å². The van der Waals surface area contributed by atoms with Gasteiger partial charge < -0.3 is 9.64 Å². The second kappa shape index (κ2) is 7.34. The van der Waals surface area contributed by atoms with Crippen molar-refractivity contribution in [3.63, 3.8) is 0 Å². The van der Waals surface area contributed by atoms with Crippen LogP contribution in [0.2, 0.25) is 0 Å². The van der Waals surface area contributed by atoms with Crippen molar-refractivity contribution in [3.8, 4) is 0 Å². The van der Waals surface area contributed by atoms with Crippen molar-refractivity contribution in [2.75, 3.05) is 18.1 Å². The quantitative estimate of drug-likeness (QED) is 0.751. The lowest BCUT2D eigenvalue weighted by atomic mass is 10.1. The van der Waals surface area contributed by atoms with Crippen molar-refractivity contribution >= 4 is 21.7 Å². The molecular weight excluding hydrogens is 330 g/mol. The number of hydrogen-bond acceptors (Lipinski definition) is 5. The standard InChI is InChI=1S/C17H23NO5S/c1-4-18(15-9-10-24(21,22)11-15)16(19)13(3)23-17(20)14-7-5-12(2)6-8-14/h5-8,13,15H,4,9-11H2,1-3H3/t13-,15-/m0/s1. The second-order valence-electron chi connectivity index (χ2n) is 6.09. The van der Waals surface area contributed by atoms with Crippen LogP contribution in [0.15, 0.2) is 24.3 Å². The number of aryl methyl sites for hydroxylation is 1. The zero-order valence-corrected chi connectivity index (χ0v) is 15.0. The number of benzene rings is 1. The Hall–Kier alpha value is -1.89. The van der Waals surface area contributed by atoms with Gasteiger partial charge in [0.2, 0.25) is 0 Å². The van der Waals surface area contributed by atoms with E-state index in [1.54, 1.807) is 31.2 Å². The summed E-state index contributed by atoms with van der Waals surface area (Å²) >= 11 is 0. The highest BCUT2D eigenvalue weighted by atomic mass is 32.2. The zero-order chi connectivity index (χ0) is 17.9. The van der Waals surface area contributed by atoms with Gasteiger partial charge >= 0.3 is 5.97 Å². The molecule has 0 spiro atoms. The fourth-order valence-corrected chi connectivity index (χ4v) is 4.55. The number of amides is 1. The Balaban J connectivity index is 2.02. The first-order valence-electron chi connectivity index (χ1n) is 8.02. The Morgan fingerprint density at radius 1 is 1.29 bits per heavy atom. The summed E-state index contributed by atoms with van der Waals surface area (Å²) in [6.07, 6.45) is -0.525. The molecule has 6 nitrogen and oxygen atoms in total. The van der Waals surface area contributed by atoms with E-state index in [0.717, 1.165) is 5.56 Å². The third-order valence-corrected chi connectivity index (χ3v) is 5.94. The van der Waals surface area contributed by atoms with E-state index >= 15 is 0 Å². The van der Waals surface area contributed by atoms with Crippen LogP contribution in [0.25, 0.3) is 0 Å². The van der Waals surface area contributed by atoms with Gasteiger partial charge in [0, 0.05) is 12.6 Å². The van der Waals surface area contributed by atoms with Crippen molar-refractivity contribution in [1.29, 1.82) is 0 Å². The molecule has 0 radical (unpaired) electrons. The van der Waals surface area contributed by atoms with Gasteiger partial charge in [-0.1, -0.05) is 17.7 Å². The zero-order valence-electron chi connectivity index (χ0n) is 14.2. The fourth-order valence-electron chi connectivity index (χ4n) is 2.82. The summed E-state index contributed by atoms with van der Waals surface area (Å²) in [4.78, 5) is 26.2. The lowest BCUT2D eigenvalue weighted by Gasteiger charge is -2.29. The van der Waals surface area contributed by atoms with Gasteiger partial charge in [0.15, 0.2) is 15.9 Å². The van der Waals surface area contributed by atoms with Crippen molar-refractivity contribution < 1.29 is 22.7 Å². The highest BCUT2D eigenvalue weighted by Gasteiger charge is 2.36. The minimum atomic E-state index is -3.08. The van der Waals surface area contributed by atoms with E-state index < -0.39 is 21.9 Å². The molecule has 132 valence electrons. The molecule has 2 rings (SSSR count). The summed E-state index contributed by atoms with van der Waals surface area (Å²) in [5.41, 5.74) is 1.40. The van der Waals surface area contributed by atoms with E-state index in [4.69, 9.17) is 4.74 Å². The molecule has 7 heteroatoms. The van der Waals surface area contributed by atoms with Crippen LogP contribution in [0.4, 0.5) is 0 Å². The average molecular weight is 353 g/mol. The topological polar surface area (TPSA) is 80.8 Å². The molecule has 1 aromatic carbocycles. The van der Waals surface area contributed by atoms with E-state index in [-0.39, 0.29) is 23.5 Å². The van der Waals surface area contributed by atoms with Gasteiger partial charge in [-0.2, -0.15) is 0 Å². The molecule has 1 saturated heterocycles. The molecule has 0 aromatic heterocycles. The number of rotatable bonds is 5. The lowest BCUT2D eigenvalue weighted by molar-refractivity contribution is -0.141. The number of likely N-dealkylation sites (N-methyl/N-ethyl adjacent to an activating group) is 1. The maximum Gasteiger partial charge on any atom is 0.338 e. The molecule has 1 fully saturated rings. The molecule has 1 aliphatic rings. The number of carbonyl (C=O) groups is 2. The number of hydrogen-bond donors (Lipinski definition) is 0. The van der Waals surface area contributed by atoms with Crippen LogP contribution in [0.5, 0.6) is 0 Å². The number of esters is 1. The number of carbonyl (C=O) groups excluding carboxylic acids is 2. The van der Waals surface area contributed by atoms with Gasteiger partial charge in [-0.05, 0) is 39.3 Å². The van der Waals surface area contributed by atoms with Gasteiger partial charge in [0.05, 0.1) is 17.1 Å². The van der Waals surface area contributed by atoms with Crippen molar-refractivity contribution in [1.82, 2.24) is 4.90 Å². The first-order chi connectivity index (χ1) is 11.2. The molecule has 2 atom stereocenters. The molecule has 0 saturated carbocycles. The Morgan fingerprint density at radius 3 is 2.42 bits per heavy atom. The van der Waals surface area contributed by atoms with E-state index in [2.05, 4.69) is 0 Å². The Labute approximate surface area is 142 Å². The van der Waals surface area contributed by atoms with E-state index in [9.17, 15) is 18.0 Å². The van der Waals surface area contributed by atoms with E-state index in [1.165, 1.54) is 11.8 Å². The first kappa shape index (κ1) is 18.4. The van der Waals surface area contributed by atoms with Crippen LogP contribution >= 0.6 is 0 Å². The maximum absolute atomic E-state index is 12.5. The largest absolute Gasteiger partial charge is 0.449 e. The summed E-state index contributed by atoms with van der Waals surface area (Å²) in [6, 6.07) is 6.55. The summed E-state index contributed by atoms with van der Waals surface area (Å²) in [5.74, 6) is -0.851. The molecule has 1 amide bonds. The lowest BCUT2D eigenvalue weighted by Crippen LogP contribution is -2.46. The summed E-state index contributed by atoms with van der Waals surface area (Å²) in [6.45, 7) is 5.60. The predicted octanol–water partition coefficient (Wildman–Crippen LogP) is 1.58. The molecule has 0 bridgehead atoms. The van der Waals surface area contributed by atoms with Crippen molar-refractivity contribution in [2.45, 2.75) is 39.3 Å². The SMILES string of the molecule is CCN(C(=O)[C@H](C)OC(=O)c1ccc(C)cc1)[C@H]1CCS(=O)(=O)C1. The molecular formula is C17H23NO5S. The van der Waals surface area contributed by atoms with Gasteiger partial charge in [-0.15, -0.1) is 0 Å². The molecule has 0 aliphatic carbocycles. The monoisotopic (exact) mass is 353 g/mol. The van der Waals surface area contributed by atoms with Crippen LogP contribution in [0, 0.1) is 6.92 Å². The summed E-state index contributed by atoms with van der Waals surface area (Å²) in [7, 11) is -3.08. The smallest absolute Gasteiger partial charge is 0.338 e. The Morgan fingerprint density at radius 2 is 1.92 bits per heavy atom. The number of ether oxygens (including phenoxy) is 1. The third kappa shape index (κ3) is 4.35. The summed E-state index contributed by atoms with van der Waals surface area (Å²) < 4.78 is 28.5. The van der Waals surface area contributed by atoms with Crippen LogP contribution in [0.1, 0.15) is 36.2 Å². The molecule has 1 aliphatic heterocycles. The van der Waals surface area contributed by atoms with Gasteiger partial charge in [0.25, 0.3) is 5.91 Å². The number of sulfone groups is 1. The predicted molar refractivity (Wildman–Crippen MR) is 90.5 cm³/mol. The summed E-state index contributed by atoms with van der Waals surface area (Å²) in [5, 5.41) is 0. The van der Waals surface area contributed by atoms with Crippen LogP contribution in [-0.2, 0) is 19.4 Å². The highest BCUT2D eigenvalue weighted by Crippen LogP contribution is 2.19. The van der Waals surface area contributed by atoms with Crippen molar-refractivity contribution in [2.24, 2.45) is 0 Å². The van der Waals surface area contributed by atoms with Crippen molar-refractivity contribution in [3.05, 3.63) is 35.4 Å². The van der Waals surface area contributed by atoms with Crippen LogP contribution < -0.4 is 0 Å². The molecule has 1 heterocycles. The maximum atomic E-state index is 12.5. The third-order valence-electron chi connectivity index (χ3n) is 4.19. The first-order valence-corrected chi connectivity index (χ1v) is 9.84. The van der Waals surface area contributed by atoms with Gasteiger partial charge in [-0.25, -0.2) is 13.2 Å².